The molecule has 0 aromatic heterocycles. The SMILES string of the molecule is O=[C-]N[C@H]1CC(=O)SC1=O.[Rb+]. The van der Waals surface area contributed by atoms with Gasteiger partial charge in [-0.2, -0.15) is 6.41 Å². The van der Waals surface area contributed by atoms with Crippen molar-refractivity contribution in [3.8, 4) is 0 Å². The number of nitrogens with one attached hydrogen (secondary N) is 1. The Morgan fingerprint density at radius 2 is 2.18 bits per heavy atom. The number of hydrogen-bond acceptors (Lipinski definition) is 4. The van der Waals surface area contributed by atoms with E-state index in [1.54, 1.807) is 0 Å². The predicted molar refractivity (Wildman–Crippen MR) is 34.8 cm³/mol. The molecule has 6 heteroatoms. The van der Waals surface area contributed by atoms with Crippen LogP contribution in [0.15, 0.2) is 0 Å². The number of carbonyl (C=O) groups excluding carboxylic acids is 3. The summed E-state index contributed by atoms with van der Waals surface area (Å²) in [7, 11) is 0. The minimum absolute atomic E-state index is 0. The molecule has 1 saturated heterocycles. The van der Waals surface area contributed by atoms with Crippen molar-refractivity contribution in [2.45, 2.75) is 12.5 Å². The fraction of sp³-hybridized carbons (Fsp3) is 0.400. The van der Waals surface area contributed by atoms with Crippen molar-refractivity contribution < 1.29 is 72.6 Å². The molecule has 0 aromatic rings. The average Bonchev–Trinajstić information content (AvgIpc) is 2.13. The summed E-state index contributed by atoms with van der Waals surface area (Å²) in [5, 5.41) is 1.63. The van der Waals surface area contributed by atoms with Crippen LogP contribution < -0.4 is 63.5 Å². The van der Waals surface area contributed by atoms with E-state index >= 15 is 0 Å². The molecule has 0 bridgehead atoms. The van der Waals surface area contributed by atoms with Gasteiger partial charge in [-0.15, -0.1) is 0 Å². The maximum absolute atomic E-state index is 10.7. The number of hydrogen-bond donors (Lipinski definition) is 1. The third-order valence-corrected chi connectivity index (χ3v) is 1.98. The Labute approximate surface area is 117 Å². The molecule has 1 aliphatic rings. The zero-order valence-electron chi connectivity index (χ0n) is 5.92. The zero-order chi connectivity index (χ0) is 7.56. The normalized spacial score (nSPS) is 22.7. The van der Waals surface area contributed by atoms with Crippen molar-refractivity contribution in [1.29, 1.82) is 0 Å². The van der Waals surface area contributed by atoms with Gasteiger partial charge in [0.1, 0.15) is 0 Å². The molecule has 1 rings (SSSR count). The first kappa shape index (κ1) is 12.0. The van der Waals surface area contributed by atoms with Crippen LogP contribution in [0.1, 0.15) is 6.42 Å². The van der Waals surface area contributed by atoms with E-state index in [1.165, 1.54) is 6.41 Å². The summed E-state index contributed by atoms with van der Waals surface area (Å²) in [6.07, 6.45) is 1.47. The molecule has 54 valence electrons. The molecule has 0 aliphatic carbocycles. The number of rotatable bonds is 2. The van der Waals surface area contributed by atoms with E-state index < -0.39 is 6.04 Å². The molecule has 0 aromatic carbocycles. The van der Waals surface area contributed by atoms with E-state index in [4.69, 9.17) is 0 Å². The molecule has 0 unspecified atom stereocenters. The molecular formula is C5H4NO3RbS. The monoisotopic (exact) mass is 243 g/mol. The quantitative estimate of drug-likeness (QED) is 0.399. The maximum atomic E-state index is 10.7. The molecule has 1 N–H and O–H groups in total. The minimum Gasteiger partial charge on any atom is -0.520 e. The molecule has 1 heterocycles. The molecule has 1 aliphatic heterocycles. The van der Waals surface area contributed by atoms with Gasteiger partial charge >= 0.3 is 58.2 Å². The summed E-state index contributed by atoms with van der Waals surface area (Å²) < 4.78 is 0. The summed E-state index contributed by atoms with van der Waals surface area (Å²) in [6, 6.07) is -0.644. The molecule has 0 radical (unpaired) electrons. The molecule has 1 atom stereocenters. The van der Waals surface area contributed by atoms with Crippen LogP contribution in [0.3, 0.4) is 0 Å². The van der Waals surface area contributed by atoms with E-state index in [1.807, 2.05) is 0 Å². The topological polar surface area (TPSA) is 63.2 Å². The van der Waals surface area contributed by atoms with Gasteiger partial charge in [-0.3, -0.25) is 9.59 Å². The second kappa shape index (κ2) is 5.58. The standard InChI is InChI=1S/C5H4NO3S.Rb/c7-2-6-3-1-4(8)10-5(3)9;/h3H,1H2,(H,6,7);/q-1;+1/t3-;/m0./s1. The van der Waals surface area contributed by atoms with Gasteiger partial charge in [0, 0.05) is 6.42 Å². The Morgan fingerprint density at radius 3 is 2.55 bits per heavy atom. The van der Waals surface area contributed by atoms with Crippen LogP contribution in [-0.2, 0) is 14.4 Å². The predicted octanol–water partition coefficient (Wildman–Crippen LogP) is -3.79. The van der Waals surface area contributed by atoms with E-state index in [0.29, 0.717) is 11.8 Å². The smallest absolute Gasteiger partial charge is 0.520 e. The van der Waals surface area contributed by atoms with Crippen molar-refractivity contribution in [2.24, 2.45) is 0 Å². The van der Waals surface area contributed by atoms with Crippen LogP contribution in [0.5, 0.6) is 0 Å². The van der Waals surface area contributed by atoms with E-state index in [9.17, 15) is 14.4 Å². The Balaban J connectivity index is 0.000001000. The van der Waals surface area contributed by atoms with E-state index in [0.717, 1.165) is 0 Å². The Hall–Kier alpha value is 0.965. The number of carbonyl (C=O) groups is 2. The fourth-order valence-corrected chi connectivity index (χ4v) is 1.41. The molecule has 11 heavy (non-hydrogen) atoms. The summed E-state index contributed by atoms with van der Waals surface area (Å²) in [5.74, 6) is 0. The third kappa shape index (κ3) is 3.46. The summed E-state index contributed by atoms with van der Waals surface area (Å²) in [6.45, 7) is 0. The van der Waals surface area contributed by atoms with Crippen LogP contribution in [-0.4, -0.2) is 22.7 Å². The Kier molecular flexibility index (Phi) is 6.07. The second-order valence-electron chi connectivity index (χ2n) is 1.80. The van der Waals surface area contributed by atoms with Crippen LogP contribution in [0, 0.1) is 0 Å². The van der Waals surface area contributed by atoms with Gasteiger partial charge in [0.05, 0.1) is 6.04 Å². The van der Waals surface area contributed by atoms with E-state index in [-0.39, 0.29) is 74.8 Å². The molecule has 0 spiro atoms. The molecule has 1 fully saturated rings. The van der Waals surface area contributed by atoms with Crippen LogP contribution >= 0.6 is 11.8 Å². The van der Waals surface area contributed by atoms with E-state index in [2.05, 4.69) is 5.32 Å². The fourth-order valence-electron chi connectivity index (χ4n) is 0.656. The first-order valence-corrected chi connectivity index (χ1v) is 3.43. The van der Waals surface area contributed by atoms with Crippen molar-refractivity contribution >= 4 is 28.4 Å². The second-order valence-corrected chi connectivity index (χ2v) is 2.86. The third-order valence-electron chi connectivity index (χ3n) is 1.10. The minimum atomic E-state index is -0.644. The average molecular weight is 244 g/mol. The summed E-state index contributed by atoms with van der Waals surface area (Å²) >= 11 is 0.649. The van der Waals surface area contributed by atoms with Crippen LogP contribution in [0.4, 0.5) is 0 Å². The largest absolute Gasteiger partial charge is 1.00 e. The summed E-state index contributed by atoms with van der Waals surface area (Å²) in [4.78, 5) is 30.9. The van der Waals surface area contributed by atoms with Gasteiger partial charge in [-0.05, 0) is 11.8 Å². The van der Waals surface area contributed by atoms with Gasteiger partial charge in [0.2, 0.25) is 5.12 Å². The first-order chi connectivity index (χ1) is 4.74. The van der Waals surface area contributed by atoms with Crippen LogP contribution in [0.2, 0.25) is 0 Å². The van der Waals surface area contributed by atoms with Crippen molar-refractivity contribution in [3.05, 3.63) is 0 Å². The van der Waals surface area contributed by atoms with Gasteiger partial charge in [0.15, 0.2) is 5.12 Å². The molecule has 4 nitrogen and oxygen atoms in total. The Bertz CT molecular complexity index is 196. The van der Waals surface area contributed by atoms with Crippen molar-refractivity contribution in [3.63, 3.8) is 0 Å². The van der Waals surface area contributed by atoms with Crippen molar-refractivity contribution in [1.82, 2.24) is 5.32 Å². The van der Waals surface area contributed by atoms with Gasteiger partial charge in [-0.1, -0.05) is 0 Å². The summed E-state index contributed by atoms with van der Waals surface area (Å²) in [5.41, 5.74) is 0. The molecule has 1 amide bonds. The van der Waals surface area contributed by atoms with Crippen molar-refractivity contribution in [2.75, 3.05) is 0 Å². The maximum Gasteiger partial charge on any atom is 1.00 e. The molecular weight excluding hydrogens is 240 g/mol. The molecule has 0 saturated carbocycles. The van der Waals surface area contributed by atoms with Gasteiger partial charge in [-0.25, -0.2) is 0 Å². The first-order valence-electron chi connectivity index (χ1n) is 2.61. The number of amides is 1. The van der Waals surface area contributed by atoms with Gasteiger partial charge < -0.3 is 10.1 Å². The zero-order valence-corrected chi connectivity index (χ0v) is 11.7. The van der Waals surface area contributed by atoms with Crippen LogP contribution in [0.25, 0.3) is 0 Å². The Morgan fingerprint density at radius 1 is 1.55 bits per heavy atom. The number of thioether (sulfide) groups is 1. The van der Waals surface area contributed by atoms with Gasteiger partial charge in [0.25, 0.3) is 0 Å².